The average molecular weight is 719 g/mol. The summed E-state index contributed by atoms with van der Waals surface area (Å²) in [6, 6.07) is 63.5. The van der Waals surface area contributed by atoms with Crippen LogP contribution in [0.1, 0.15) is 0 Å². The molecule has 0 atom stereocenters. The van der Waals surface area contributed by atoms with E-state index in [2.05, 4.69) is 190 Å². The van der Waals surface area contributed by atoms with Gasteiger partial charge in [-0.05, 0) is 81.2 Å². The Morgan fingerprint density at radius 1 is 0.418 bits per heavy atom. The van der Waals surface area contributed by atoms with E-state index >= 15 is 0 Å². The van der Waals surface area contributed by atoms with Crippen LogP contribution in [-0.4, -0.2) is 19.1 Å². The molecule has 0 saturated heterocycles. The minimum absolute atomic E-state index is 0.677. The van der Waals surface area contributed by atoms with E-state index in [0.717, 1.165) is 38.2 Å². The Hall–Kier alpha value is -7.08. The van der Waals surface area contributed by atoms with E-state index in [-0.39, 0.29) is 0 Å². The molecule has 4 nitrogen and oxygen atoms in total. The molecule has 256 valence electrons. The van der Waals surface area contributed by atoms with Crippen molar-refractivity contribution in [2.75, 3.05) is 0 Å². The van der Waals surface area contributed by atoms with Gasteiger partial charge in [0.1, 0.15) is 0 Å². The molecular formula is C50H30N4S. The Balaban J connectivity index is 1.13. The van der Waals surface area contributed by atoms with E-state index in [9.17, 15) is 0 Å². The summed E-state index contributed by atoms with van der Waals surface area (Å²) in [6.07, 6.45) is 0. The van der Waals surface area contributed by atoms with Gasteiger partial charge >= 0.3 is 0 Å². The SMILES string of the molecule is c1ccc(-c2nc(-n3c4ccc(-c5ccc6c(c5)c5c7ccccc7ccc5n6-c5ccccc5)cc4c4ccc5ccccc5c43)nc3ccsc23)cc1. The van der Waals surface area contributed by atoms with Gasteiger partial charge < -0.3 is 4.57 Å². The first-order chi connectivity index (χ1) is 27.3. The van der Waals surface area contributed by atoms with Crippen LogP contribution in [0, 0.1) is 0 Å². The van der Waals surface area contributed by atoms with Gasteiger partial charge in [-0.3, -0.25) is 4.57 Å². The van der Waals surface area contributed by atoms with Crippen LogP contribution < -0.4 is 0 Å². The first-order valence-corrected chi connectivity index (χ1v) is 19.5. The Morgan fingerprint density at radius 3 is 1.85 bits per heavy atom. The lowest BCUT2D eigenvalue weighted by atomic mass is 9.98. The van der Waals surface area contributed by atoms with E-state index in [1.54, 1.807) is 11.3 Å². The lowest BCUT2D eigenvalue weighted by molar-refractivity contribution is 1.02. The second kappa shape index (κ2) is 11.7. The molecule has 12 aromatic rings. The topological polar surface area (TPSA) is 35.6 Å². The highest BCUT2D eigenvalue weighted by Crippen LogP contribution is 2.42. The van der Waals surface area contributed by atoms with E-state index in [1.165, 1.54) is 65.3 Å². The largest absolute Gasteiger partial charge is 0.309 e. The van der Waals surface area contributed by atoms with Gasteiger partial charge in [0.15, 0.2) is 0 Å². The van der Waals surface area contributed by atoms with Crippen molar-refractivity contribution in [3.63, 3.8) is 0 Å². The minimum Gasteiger partial charge on any atom is -0.309 e. The monoisotopic (exact) mass is 718 g/mol. The second-order valence-corrected chi connectivity index (χ2v) is 15.1. The predicted molar refractivity (Wildman–Crippen MR) is 232 cm³/mol. The molecule has 0 amide bonds. The third kappa shape index (κ3) is 4.51. The minimum atomic E-state index is 0.677. The number of hydrogen-bond acceptors (Lipinski definition) is 3. The van der Waals surface area contributed by atoms with Crippen molar-refractivity contribution < 1.29 is 0 Å². The fraction of sp³-hybridized carbons (Fsp3) is 0. The maximum atomic E-state index is 5.35. The van der Waals surface area contributed by atoms with E-state index in [1.807, 2.05) is 0 Å². The van der Waals surface area contributed by atoms with Crippen LogP contribution in [0.3, 0.4) is 0 Å². The van der Waals surface area contributed by atoms with Crippen LogP contribution in [0.4, 0.5) is 0 Å². The Morgan fingerprint density at radius 2 is 1.05 bits per heavy atom. The molecule has 0 spiro atoms. The normalized spacial score (nSPS) is 12.0. The van der Waals surface area contributed by atoms with Crippen LogP contribution in [0.5, 0.6) is 0 Å². The molecule has 0 fully saturated rings. The quantitative estimate of drug-likeness (QED) is 0.182. The lowest BCUT2D eigenvalue weighted by Gasteiger charge is -2.11. The maximum Gasteiger partial charge on any atom is 0.235 e. The van der Waals surface area contributed by atoms with Crippen molar-refractivity contribution in [3.8, 4) is 34.0 Å². The molecular weight excluding hydrogens is 689 g/mol. The number of rotatable bonds is 4. The molecule has 4 heterocycles. The van der Waals surface area contributed by atoms with Gasteiger partial charge in [-0.15, -0.1) is 11.3 Å². The van der Waals surface area contributed by atoms with Crippen LogP contribution in [0.2, 0.25) is 0 Å². The number of fused-ring (bicyclic) bond motifs is 11. The number of hydrogen-bond donors (Lipinski definition) is 0. The van der Waals surface area contributed by atoms with Crippen molar-refractivity contribution >= 4 is 86.7 Å². The number of benzene rings is 8. The standard InChI is InChI=1S/C50H30N4S/c1-3-13-33(14-4-1)47-49-42(27-28-55-49)51-50(52-47)54-43-24-21-34(29-40(43)39-23-19-32-12-8-10-18-38(32)48(39)54)35-22-25-44-41(30-35)46-37-17-9-7-11-31(37)20-26-45(46)53(44)36-15-5-2-6-16-36/h1-30H. The summed E-state index contributed by atoms with van der Waals surface area (Å²) >= 11 is 1.69. The average Bonchev–Trinajstić information content (AvgIpc) is 3.96. The van der Waals surface area contributed by atoms with E-state index in [4.69, 9.17) is 9.97 Å². The zero-order chi connectivity index (χ0) is 36.0. The van der Waals surface area contributed by atoms with Crippen molar-refractivity contribution in [2.24, 2.45) is 0 Å². The molecule has 55 heavy (non-hydrogen) atoms. The second-order valence-electron chi connectivity index (χ2n) is 14.2. The van der Waals surface area contributed by atoms with Crippen LogP contribution in [0.25, 0.3) is 109 Å². The smallest absolute Gasteiger partial charge is 0.235 e. The first-order valence-electron chi connectivity index (χ1n) is 18.6. The van der Waals surface area contributed by atoms with Gasteiger partial charge in [0.25, 0.3) is 0 Å². The molecule has 8 aromatic carbocycles. The summed E-state index contributed by atoms with van der Waals surface area (Å²) in [6.45, 7) is 0. The third-order valence-corrected chi connectivity index (χ3v) is 12.1. The Bertz CT molecular complexity index is 3480. The first kappa shape index (κ1) is 30.4. The van der Waals surface area contributed by atoms with Gasteiger partial charge in [0.2, 0.25) is 5.95 Å². The van der Waals surface area contributed by atoms with E-state index < -0.39 is 0 Å². The van der Waals surface area contributed by atoms with Crippen LogP contribution >= 0.6 is 11.3 Å². The molecule has 0 aliphatic heterocycles. The summed E-state index contributed by atoms with van der Waals surface area (Å²) in [4.78, 5) is 10.6. The Kier molecular flexibility index (Phi) is 6.47. The highest BCUT2D eigenvalue weighted by atomic mass is 32.1. The predicted octanol–water partition coefficient (Wildman–Crippen LogP) is 13.5. The van der Waals surface area contributed by atoms with Gasteiger partial charge in [-0.1, -0.05) is 127 Å². The summed E-state index contributed by atoms with van der Waals surface area (Å²) in [5.41, 5.74) is 11.1. The molecule has 0 unspecified atom stereocenters. The van der Waals surface area contributed by atoms with Crippen molar-refractivity contribution in [2.45, 2.75) is 0 Å². The zero-order valence-corrected chi connectivity index (χ0v) is 30.3. The summed E-state index contributed by atoms with van der Waals surface area (Å²) in [5, 5.41) is 11.9. The van der Waals surface area contributed by atoms with Crippen LogP contribution in [-0.2, 0) is 0 Å². The number of nitrogens with zero attached hydrogens (tertiary/aromatic N) is 4. The molecule has 5 heteroatoms. The van der Waals surface area contributed by atoms with Gasteiger partial charge in [0, 0.05) is 38.2 Å². The molecule has 0 aliphatic carbocycles. The third-order valence-electron chi connectivity index (χ3n) is 11.2. The molecule has 0 N–H and O–H groups in total. The van der Waals surface area contributed by atoms with Gasteiger partial charge in [-0.2, -0.15) is 0 Å². The van der Waals surface area contributed by atoms with Crippen molar-refractivity contribution in [3.05, 3.63) is 181 Å². The van der Waals surface area contributed by atoms with Crippen molar-refractivity contribution in [1.29, 1.82) is 0 Å². The molecule has 0 radical (unpaired) electrons. The highest BCUT2D eigenvalue weighted by Gasteiger charge is 2.21. The molecule has 0 bridgehead atoms. The lowest BCUT2D eigenvalue weighted by Crippen LogP contribution is -2.03. The molecule has 0 saturated carbocycles. The summed E-state index contributed by atoms with van der Waals surface area (Å²) in [5.74, 6) is 0.677. The summed E-state index contributed by atoms with van der Waals surface area (Å²) < 4.78 is 5.78. The Labute approximate surface area is 319 Å². The van der Waals surface area contributed by atoms with Crippen LogP contribution in [0.15, 0.2) is 181 Å². The number of aromatic nitrogens is 4. The van der Waals surface area contributed by atoms with Gasteiger partial charge in [-0.25, -0.2) is 9.97 Å². The zero-order valence-electron chi connectivity index (χ0n) is 29.5. The van der Waals surface area contributed by atoms with Gasteiger partial charge in [0.05, 0.1) is 38.0 Å². The van der Waals surface area contributed by atoms with Crippen molar-refractivity contribution in [1.82, 2.24) is 19.1 Å². The summed E-state index contributed by atoms with van der Waals surface area (Å²) in [7, 11) is 0. The number of para-hydroxylation sites is 1. The van der Waals surface area contributed by atoms with E-state index in [0.29, 0.717) is 5.95 Å². The fourth-order valence-corrected chi connectivity index (χ4v) is 9.58. The molecule has 4 aromatic heterocycles. The number of thiophene rings is 1. The fourth-order valence-electron chi connectivity index (χ4n) is 8.74. The molecule has 12 rings (SSSR count). The molecule has 0 aliphatic rings. The highest BCUT2D eigenvalue weighted by molar-refractivity contribution is 7.17. The maximum absolute atomic E-state index is 5.35.